The van der Waals surface area contributed by atoms with Gasteiger partial charge in [0.05, 0.1) is 5.52 Å². The van der Waals surface area contributed by atoms with Crippen molar-refractivity contribution in [2.24, 2.45) is 0 Å². The van der Waals surface area contributed by atoms with Crippen molar-refractivity contribution in [3.63, 3.8) is 0 Å². The molecule has 0 aliphatic rings. The van der Waals surface area contributed by atoms with E-state index in [0.29, 0.717) is 6.61 Å². The number of hydrogen-bond acceptors (Lipinski definition) is 2. The molecule has 0 bridgehead atoms. The Labute approximate surface area is 89.0 Å². The second-order valence-electron chi connectivity index (χ2n) is 3.25. The van der Waals surface area contributed by atoms with E-state index < -0.39 is 0 Å². The fourth-order valence-electron chi connectivity index (χ4n) is 1.55. The second-order valence-corrected chi connectivity index (χ2v) is 3.25. The lowest BCUT2D eigenvalue weighted by Gasteiger charge is -2.07. The van der Waals surface area contributed by atoms with E-state index in [1.54, 1.807) is 10.8 Å². The Kier molecular flexibility index (Phi) is 2.72. The van der Waals surface area contributed by atoms with Gasteiger partial charge in [0.15, 0.2) is 0 Å². The van der Waals surface area contributed by atoms with Crippen LogP contribution in [-0.2, 0) is 6.42 Å². The number of para-hydroxylation sites is 2. The van der Waals surface area contributed by atoms with E-state index in [1.807, 2.05) is 24.3 Å². The molecule has 0 aliphatic heterocycles. The Hall–Kier alpha value is -1.77. The van der Waals surface area contributed by atoms with Gasteiger partial charge >= 0.3 is 0 Å². The smallest absolute Gasteiger partial charge is 0.145 e. The third-order valence-corrected chi connectivity index (χ3v) is 2.22. The molecule has 0 amide bonds. The number of imidazole rings is 1. The van der Waals surface area contributed by atoms with Crippen LogP contribution < -0.4 is 4.84 Å². The molecule has 1 aromatic heterocycles. The number of hydrogen-bond donors (Lipinski definition) is 0. The molecule has 0 fully saturated rings. The van der Waals surface area contributed by atoms with Crippen molar-refractivity contribution < 1.29 is 4.84 Å². The maximum absolute atomic E-state index is 5.57. The number of benzene rings is 1. The molecule has 2 aromatic rings. The standard InChI is InChI=1S/C12H14N2O/c1-3-9-15-14-11-8-6-5-7-10(11)13-12(14)4-2/h3,5-8H,1,4,9H2,2H3. The highest BCUT2D eigenvalue weighted by Crippen LogP contribution is 2.14. The van der Waals surface area contributed by atoms with Crippen LogP contribution in [0.25, 0.3) is 11.0 Å². The van der Waals surface area contributed by atoms with E-state index >= 15 is 0 Å². The molecular formula is C12H14N2O. The highest BCUT2D eigenvalue weighted by molar-refractivity contribution is 5.75. The summed E-state index contributed by atoms with van der Waals surface area (Å²) in [5.74, 6) is 0.943. The maximum atomic E-state index is 5.57. The number of fused-ring (bicyclic) bond motifs is 1. The Morgan fingerprint density at radius 2 is 2.27 bits per heavy atom. The summed E-state index contributed by atoms with van der Waals surface area (Å²) in [5, 5.41) is 0. The summed E-state index contributed by atoms with van der Waals surface area (Å²) in [7, 11) is 0. The Morgan fingerprint density at radius 1 is 1.47 bits per heavy atom. The first-order chi connectivity index (χ1) is 7.36. The van der Waals surface area contributed by atoms with Gasteiger partial charge in [-0.3, -0.25) is 0 Å². The van der Waals surface area contributed by atoms with Gasteiger partial charge in [0.2, 0.25) is 0 Å². The van der Waals surface area contributed by atoms with E-state index in [4.69, 9.17) is 4.84 Å². The van der Waals surface area contributed by atoms with Gasteiger partial charge in [-0.25, -0.2) is 4.98 Å². The Balaban J connectivity index is 2.51. The summed E-state index contributed by atoms with van der Waals surface area (Å²) in [4.78, 5) is 10.1. The van der Waals surface area contributed by atoms with Gasteiger partial charge in [-0.2, -0.15) is 4.73 Å². The minimum absolute atomic E-state index is 0.493. The van der Waals surface area contributed by atoms with Crippen LogP contribution in [0.2, 0.25) is 0 Å². The number of nitrogens with zero attached hydrogens (tertiary/aromatic N) is 2. The van der Waals surface area contributed by atoms with Gasteiger partial charge in [0.25, 0.3) is 0 Å². The molecule has 1 heterocycles. The summed E-state index contributed by atoms with van der Waals surface area (Å²) in [6, 6.07) is 7.96. The molecule has 15 heavy (non-hydrogen) atoms. The third-order valence-electron chi connectivity index (χ3n) is 2.22. The molecule has 0 saturated carbocycles. The van der Waals surface area contributed by atoms with Gasteiger partial charge in [-0.15, -0.1) is 0 Å². The van der Waals surface area contributed by atoms with Crippen LogP contribution in [0.3, 0.4) is 0 Å². The summed E-state index contributed by atoms with van der Waals surface area (Å²) in [6.45, 7) is 6.19. The van der Waals surface area contributed by atoms with Crippen molar-refractivity contribution in [3.05, 3.63) is 42.7 Å². The van der Waals surface area contributed by atoms with Crippen LogP contribution in [0.5, 0.6) is 0 Å². The molecule has 78 valence electrons. The van der Waals surface area contributed by atoms with Crippen molar-refractivity contribution >= 4 is 11.0 Å². The highest BCUT2D eigenvalue weighted by Gasteiger charge is 2.08. The van der Waals surface area contributed by atoms with Crippen molar-refractivity contribution in [1.82, 2.24) is 9.71 Å². The van der Waals surface area contributed by atoms with Crippen LogP contribution in [0.15, 0.2) is 36.9 Å². The van der Waals surface area contributed by atoms with Gasteiger partial charge in [0.1, 0.15) is 17.9 Å². The van der Waals surface area contributed by atoms with Gasteiger partial charge in [0, 0.05) is 6.42 Å². The van der Waals surface area contributed by atoms with Crippen molar-refractivity contribution in [1.29, 1.82) is 0 Å². The molecule has 0 saturated heterocycles. The molecule has 3 heteroatoms. The van der Waals surface area contributed by atoms with Gasteiger partial charge in [-0.05, 0) is 12.1 Å². The van der Waals surface area contributed by atoms with E-state index in [-0.39, 0.29) is 0 Å². The van der Waals surface area contributed by atoms with Crippen LogP contribution in [0, 0.1) is 0 Å². The predicted molar refractivity (Wildman–Crippen MR) is 60.8 cm³/mol. The van der Waals surface area contributed by atoms with Crippen molar-refractivity contribution in [3.8, 4) is 0 Å². The monoisotopic (exact) mass is 202 g/mol. The summed E-state index contributed by atoms with van der Waals surface area (Å²) in [5.41, 5.74) is 1.98. The minimum atomic E-state index is 0.493. The highest BCUT2D eigenvalue weighted by atomic mass is 16.7. The molecule has 0 unspecified atom stereocenters. The number of aryl methyl sites for hydroxylation is 1. The predicted octanol–water partition coefficient (Wildman–Crippen LogP) is 2.21. The average molecular weight is 202 g/mol. The van der Waals surface area contributed by atoms with E-state index in [2.05, 4.69) is 18.5 Å². The van der Waals surface area contributed by atoms with E-state index in [1.165, 1.54) is 0 Å². The molecule has 0 atom stereocenters. The van der Waals surface area contributed by atoms with E-state index in [9.17, 15) is 0 Å². The largest absolute Gasteiger partial charge is 0.408 e. The molecule has 3 nitrogen and oxygen atoms in total. The molecule has 0 aliphatic carbocycles. The molecule has 1 aromatic carbocycles. The normalized spacial score (nSPS) is 10.5. The SMILES string of the molecule is C=CCOn1c(CC)nc2ccccc21. The Bertz CT molecular complexity index is 473. The minimum Gasteiger partial charge on any atom is -0.408 e. The molecule has 0 radical (unpaired) electrons. The lowest BCUT2D eigenvalue weighted by molar-refractivity contribution is 0.137. The zero-order valence-corrected chi connectivity index (χ0v) is 8.81. The maximum Gasteiger partial charge on any atom is 0.145 e. The topological polar surface area (TPSA) is 27.1 Å². The molecular weight excluding hydrogens is 188 g/mol. The fourth-order valence-corrected chi connectivity index (χ4v) is 1.55. The van der Waals surface area contributed by atoms with Gasteiger partial charge < -0.3 is 4.84 Å². The van der Waals surface area contributed by atoms with Gasteiger partial charge in [-0.1, -0.05) is 31.7 Å². The zero-order chi connectivity index (χ0) is 10.7. The van der Waals surface area contributed by atoms with Crippen molar-refractivity contribution in [2.75, 3.05) is 6.61 Å². The summed E-state index contributed by atoms with van der Waals surface area (Å²) < 4.78 is 1.79. The molecule has 0 spiro atoms. The first-order valence-corrected chi connectivity index (χ1v) is 5.07. The third kappa shape index (κ3) is 1.73. The number of rotatable bonds is 4. The van der Waals surface area contributed by atoms with E-state index in [0.717, 1.165) is 23.3 Å². The number of aromatic nitrogens is 2. The molecule has 2 rings (SSSR count). The van der Waals surface area contributed by atoms with Crippen LogP contribution in [0.1, 0.15) is 12.7 Å². The first-order valence-electron chi connectivity index (χ1n) is 5.07. The van der Waals surface area contributed by atoms with Crippen LogP contribution in [-0.4, -0.2) is 16.3 Å². The average Bonchev–Trinajstić information content (AvgIpc) is 2.64. The zero-order valence-electron chi connectivity index (χ0n) is 8.81. The van der Waals surface area contributed by atoms with Crippen LogP contribution in [0.4, 0.5) is 0 Å². The van der Waals surface area contributed by atoms with Crippen LogP contribution >= 0.6 is 0 Å². The van der Waals surface area contributed by atoms with Crippen molar-refractivity contribution in [2.45, 2.75) is 13.3 Å². The Morgan fingerprint density at radius 3 is 3.00 bits per heavy atom. The fraction of sp³-hybridized carbons (Fsp3) is 0.250. The lowest BCUT2D eigenvalue weighted by atomic mass is 10.3. The molecule has 0 N–H and O–H groups in total. The quantitative estimate of drug-likeness (QED) is 0.711. The summed E-state index contributed by atoms with van der Waals surface area (Å²) in [6.07, 6.45) is 2.58. The second kappa shape index (κ2) is 4.17. The summed E-state index contributed by atoms with van der Waals surface area (Å²) >= 11 is 0. The first kappa shape index (κ1) is 9.77. The lowest BCUT2D eigenvalue weighted by Crippen LogP contribution is -2.14.